The highest BCUT2D eigenvalue weighted by Gasteiger charge is 2.13. The average Bonchev–Trinajstić information content (AvgIpc) is 3.19. The second kappa shape index (κ2) is 22.1. The van der Waals surface area contributed by atoms with Gasteiger partial charge in [0.25, 0.3) is 0 Å². The molecule has 0 aliphatic rings. The molecule has 2 nitrogen and oxygen atoms in total. The minimum atomic E-state index is 0. The molecule has 0 N–H and O–H groups in total. The molecule has 0 saturated heterocycles. The van der Waals surface area contributed by atoms with Gasteiger partial charge < -0.3 is 21.7 Å². The summed E-state index contributed by atoms with van der Waals surface area (Å²) in [5, 5.41) is 2.12. The Balaban J connectivity index is 0.00000729. The van der Waals surface area contributed by atoms with Crippen LogP contribution in [0.25, 0.3) is 0 Å². The van der Waals surface area contributed by atoms with Gasteiger partial charge in [-0.3, -0.25) is 0 Å². The molecule has 1 aromatic heterocycles. The predicted octanol–water partition coefficient (Wildman–Crippen LogP) is 4.27. The molecule has 166 valence electrons. The maximum Gasteiger partial charge on any atom is 0.224 e. The molecule has 1 aromatic rings. The van der Waals surface area contributed by atoms with E-state index in [4.69, 9.17) is 4.74 Å². The molecule has 0 radical (unpaired) electrons. The highest BCUT2D eigenvalue weighted by atomic mass is 79.9. The summed E-state index contributed by atoms with van der Waals surface area (Å²) in [4.78, 5) is 0. The maximum atomic E-state index is 5.61. The van der Waals surface area contributed by atoms with Crippen LogP contribution in [0.15, 0.2) is 17.1 Å². The third-order valence-electron chi connectivity index (χ3n) is 5.22. The molecular formula is C23H44BrNOS2. The number of thioether (sulfide) groups is 1. The number of aromatic nitrogens is 1. The van der Waals surface area contributed by atoms with Crippen LogP contribution in [0.1, 0.15) is 96.8 Å². The Morgan fingerprint density at radius 3 is 1.86 bits per heavy atom. The van der Waals surface area contributed by atoms with Crippen LogP contribution >= 0.6 is 23.1 Å². The lowest BCUT2D eigenvalue weighted by Gasteiger charge is -2.11. The Hall–Kier alpha value is 0.420. The van der Waals surface area contributed by atoms with Crippen molar-refractivity contribution >= 4 is 23.1 Å². The highest BCUT2D eigenvalue weighted by molar-refractivity contribution is 7.99. The fourth-order valence-corrected chi connectivity index (χ4v) is 5.10. The van der Waals surface area contributed by atoms with E-state index >= 15 is 0 Å². The molecule has 0 spiro atoms. The van der Waals surface area contributed by atoms with E-state index in [1.54, 1.807) is 11.3 Å². The molecule has 5 heteroatoms. The largest absolute Gasteiger partial charge is 1.00 e. The zero-order valence-electron chi connectivity index (χ0n) is 18.4. The van der Waals surface area contributed by atoms with Gasteiger partial charge in [-0.05, 0) is 12.2 Å². The molecule has 0 fully saturated rings. The van der Waals surface area contributed by atoms with Crippen LogP contribution in [0.5, 0.6) is 0 Å². The van der Waals surface area contributed by atoms with Gasteiger partial charge in [0.2, 0.25) is 5.51 Å². The Kier molecular flexibility index (Phi) is 22.4. The van der Waals surface area contributed by atoms with Gasteiger partial charge in [0.15, 0.2) is 12.7 Å². The van der Waals surface area contributed by atoms with Crippen LogP contribution in [0.3, 0.4) is 0 Å². The summed E-state index contributed by atoms with van der Waals surface area (Å²) in [7, 11) is 1.84. The van der Waals surface area contributed by atoms with Crippen LogP contribution in [-0.2, 0) is 11.3 Å². The van der Waals surface area contributed by atoms with Gasteiger partial charge in [0.1, 0.15) is 6.10 Å². The number of thiazole rings is 1. The summed E-state index contributed by atoms with van der Waals surface area (Å²) in [6.07, 6.45) is 22.6. The Morgan fingerprint density at radius 2 is 1.39 bits per heavy atom. The zero-order valence-corrected chi connectivity index (χ0v) is 21.6. The monoisotopic (exact) mass is 493 g/mol. The number of methoxy groups -OCH3 is 1. The third kappa shape index (κ3) is 17.3. The summed E-state index contributed by atoms with van der Waals surface area (Å²) in [6.45, 7) is 3.27. The van der Waals surface area contributed by atoms with Crippen molar-refractivity contribution in [3.05, 3.63) is 17.1 Å². The minimum Gasteiger partial charge on any atom is -1.00 e. The van der Waals surface area contributed by atoms with Crippen molar-refractivity contribution < 1.29 is 26.3 Å². The lowest BCUT2D eigenvalue weighted by molar-refractivity contribution is -0.698. The van der Waals surface area contributed by atoms with Crippen molar-refractivity contribution in [3.63, 3.8) is 0 Å². The molecule has 1 unspecified atom stereocenters. The zero-order chi connectivity index (χ0) is 19.4. The van der Waals surface area contributed by atoms with Gasteiger partial charge in [0, 0.05) is 12.9 Å². The molecule has 1 atom stereocenters. The smallest absolute Gasteiger partial charge is 0.224 e. The fraction of sp³-hybridized carbons (Fsp3) is 0.870. The van der Waals surface area contributed by atoms with Crippen LogP contribution in [0, 0.1) is 0 Å². The topological polar surface area (TPSA) is 13.1 Å². The minimum absolute atomic E-state index is 0. The second-order valence-corrected chi connectivity index (χ2v) is 9.66. The first-order valence-electron chi connectivity index (χ1n) is 11.4. The van der Waals surface area contributed by atoms with Crippen molar-refractivity contribution in [2.45, 2.75) is 109 Å². The number of halogens is 1. The van der Waals surface area contributed by atoms with Crippen molar-refractivity contribution in [2.75, 3.05) is 18.6 Å². The van der Waals surface area contributed by atoms with E-state index in [9.17, 15) is 0 Å². The SMILES string of the molecule is CCCCCCCCCCCCCCCCSCC(C[n+]1ccsc1)OC.[Br-]. The standard InChI is InChI=1S/C23H44NOS2.BrH/c1-3-4-5-6-7-8-9-10-11-12-13-14-15-16-18-26-21-23(25-2)20-24-17-19-27-22-24;/h17,19,22-23H,3-16,18,20-21H2,1-2H3;1H/q+1;/p-1. The van der Waals surface area contributed by atoms with E-state index in [1.807, 2.05) is 7.11 Å². The Labute approximate surface area is 194 Å². The van der Waals surface area contributed by atoms with E-state index in [0.717, 1.165) is 12.3 Å². The fourth-order valence-electron chi connectivity index (χ4n) is 3.41. The van der Waals surface area contributed by atoms with Gasteiger partial charge >= 0.3 is 0 Å². The molecule has 1 rings (SSSR count). The predicted molar refractivity (Wildman–Crippen MR) is 123 cm³/mol. The molecule has 0 aliphatic heterocycles. The maximum absolute atomic E-state index is 5.61. The van der Waals surface area contributed by atoms with E-state index in [2.05, 4.69) is 40.3 Å². The van der Waals surface area contributed by atoms with Crippen molar-refractivity contribution in [2.24, 2.45) is 0 Å². The van der Waals surface area contributed by atoms with Crippen LogP contribution in [0.4, 0.5) is 0 Å². The number of ether oxygens (including phenoxy) is 1. The second-order valence-electron chi connectivity index (χ2n) is 7.75. The lowest BCUT2D eigenvalue weighted by atomic mass is 10.0. The van der Waals surface area contributed by atoms with Crippen molar-refractivity contribution in [3.8, 4) is 0 Å². The number of unbranched alkanes of at least 4 members (excludes halogenated alkanes) is 13. The third-order valence-corrected chi connectivity index (χ3v) is 7.08. The summed E-state index contributed by atoms with van der Waals surface area (Å²) in [5.41, 5.74) is 2.16. The van der Waals surface area contributed by atoms with Gasteiger partial charge in [0.05, 0.1) is 5.38 Å². The normalized spacial score (nSPS) is 12.1. The van der Waals surface area contributed by atoms with Crippen LogP contribution in [-0.4, -0.2) is 24.7 Å². The van der Waals surface area contributed by atoms with Crippen LogP contribution < -0.4 is 21.5 Å². The molecular weight excluding hydrogens is 450 g/mol. The van der Waals surface area contributed by atoms with E-state index in [0.29, 0.717) is 6.10 Å². The van der Waals surface area contributed by atoms with Crippen molar-refractivity contribution in [1.82, 2.24) is 0 Å². The number of hydrogen-bond donors (Lipinski definition) is 0. The quantitative estimate of drug-likeness (QED) is 0.198. The number of rotatable bonds is 20. The lowest BCUT2D eigenvalue weighted by Crippen LogP contribution is -3.00. The molecule has 0 aliphatic carbocycles. The summed E-state index contributed by atoms with van der Waals surface area (Å²) < 4.78 is 7.84. The average molecular weight is 495 g/mol. The Bertz CT molecular complexity index is 403. The van der Waals surface area contributed by atoms with E-state index in [1.165, 1.54) is 95.6 Å². The van der Waals surface area contributed by atoms with Gasteiger partial charge in [-0.15, -0.1) is 0 Å². The Morgan fingerprint density at radius 1 is 0.857 bits per heavy atom. The molecule has 0 amide bonds. The van der Waals surface area contributed by atoms with Gasteiger partial charge in [-0.1, -0.05) is 102 Å². The van der Waals surface area contributed by atoms with Crippen LogP contribution in [0.2, 0.25) is 0 Å². The molecule has 28 heavy (non-hydrogen) atoms. The van der Waals surface area contributed by atoms with Gasteiger partial charge in [-0.2, -0.15) is 16.3 Å². The molecule has 1 heterocycles. The summed E-state index contributed by atoms with van der Waals surface area (Å²) in [5.74, 6) is 2.39. The molecule has 0 aromatic carbocycles. The number of nitrogens with zero attached hydrogens (tertiary/aromatic N) is 1. The van der Waals surface area contributed by atoms with Gasteiger partial charge in [-0.25, -0.2) is 0 Å². The summed E-state index contributed by atoms with van der Waals surface area (Å²) >= 11 is 3.80. The first-order valence-corrected chi connectivity index (χ1v) is 13.5. The van der Waals surface area contributed by atoms with E-state index < -0.39 is 0 Å². The van der Waals surface area contributed by atoms with E-state index in [-0.39, 0.29) is 17.0 Å². The molecule has 0 saturated carbocycles. The van der Waals surface area contributed by atoms with Crippen molar-refractivity contribution in [1.29, 1.82) is 0 Å². The first kappa shape index (κ1) is 28.4. The highest BCUT2D eigenvalue weighted by Crippen LogP contribution is 2.14. The molecule has 0 bridgehead atoms. The summed E-state index contributed by atoms with van der Waals surface area (Å²) in [6, 6.07) is 0. The first-order chi connectivity index (χ1) is 13.4. The number of hydrogen-bond acceptors (Lipinski definition) is 3.